The Morgan fingerprint density at radius 3 is 2.45 bits per heavy atom. The second-order valence-electron chi connectivity index (χ2n) is 5.66. The van der Waals surface area contributed by atoms with Crippen LogP contribution in [0.25, 0.3) is 0 Å². The van der Waals surface area contributed by atoms with Crippen LogP contribution in [0.15, 0.2) is 32.0 Å². The summed E-state index contributed by atoms with van der Waals surface area (Å²) in [5.74, 6) is 1.24. The monoisotopic (exact) mass is 423 g/mol. The lowest BCUT2D eigenvalue weighted by Crippen LogP contribution is -2.39. The number of nitrogens with one attached hydrogen (secondary N) is 1. The van der Waals surface area contributed by atoms with E-state index in [1.54, 1.807) is 18.2 Å². The van der Waals surface area contributed by atoms with Gasteiger partial charge in [-0.3, -0.25) is 0 Å². The third kappa shape index (κ3) is 3.84. The molecule has 3 unspecified atom stereocenters. The van der Waals surface area contributed by atoms with Crippen LogP contribution in [0.5, 0.6) is 0 Å². The summed E-state index contributed by atoms with van der Waals surface area (Å²) in [7, 11) is -3.47. The van der Waals surface area contributed by atoms with Gasteiger partial charge >= 0.3 is 0 Å². The lowest BCUT2D eigenvalue weighted by molar-refractivity contribution is 0.242. The summed E-state index contributed by atoms with van der Waals surface area (Å²) in [4.78, 5) is 0.298. The topological polar surface area (TPSA) is 46.2 Å². The summed E-state index contributed by atoms with van der Waals surface area (Å²) in [6, 6.07) is 5.15. The fourth-order valence-corrected chi connectivity index (χ4v) is 5.66. The molecular formula is C14H19Br2NO2S. The molecule has 3 nitrogen and oxygen atoms in total. The average molecular weight is 425 g/mol. The van der Waals surface area contributed by atoms with Crippen LogP contribution in [-0.2, 0) is 10.0 Å². The number of rotatable bonds is 3. The van der Waals surface area contributed by atoms with E-state index < -0.39 is 10.0 Å². The van der Waals surface area contributed by atoms with Crippen molar-refractivity contribution in [3.05, 3.63) is 27.1 Å². The summed E-state index contributed by atoms with van der Waals surface area (Å²) in [5.41, 5.74) is 0. The Kier molecular flexibility index (Phi) is 5.32. The van der Waals surface area contributed by atoms with Crippen molar-refractivity contribution in [2.45, 2.75) is 44.0 Å². The molecule has 0 aromatic heterocycles. The van der Waals surface area contributed by atoms with E-state index in [1.807, 2.05) is 0 Å². The van der Waals surface area contributed by atoms with Crippen molar-refractivity contribution in [2.24, 2.45) is 11.8 Å². The molecule has 0 heterocycles. The van der Waals surface area contributed by atoms with E-state index in [4.69, 9.17) is 0 Å². The SMILES string of the molecule is CC1CCC(NS(=O)(=O)c2ccc(Br)cc2Br)CC1C. The van der Waals surface area contributed by atoms with E-state index >= 15 is 0 Å². The Labute approximate surface area is 137 Å². The van der Waals surface area contributed by atoms with E-state index in [-0.39, 0.29) is 6.04 Å². The number of halogens is 2. The minimum absolute atomic E-state index is 0.0433. The minimum Gasteiger partial charge on any atom is -0.208 e. The van der Waals surface area contributed by atoms with Crippen LogP contribution in [0.2, 0.25) is 0 Å². The van der Waals surface area contributed by atoms with Crippen LogP contribution in [0.4, 0.5) is 0 Å². The van der Waals surface area contributed by atoms with E-state index in [2.05, 4.69) is 50.4 Å². The summed E-state index contributed by atoms with van der Waals surface area (Å²) < 4.78 is 29.2. The smallest absolute Gasteiger partial charge is 0.208 e. The number of sulfonamides is 1. The van der Waals surface area contributed by atoms with E-state index in [1.165, 1.54) is 0 Å². The molecule has 3 atom stereocenters. The molecule has 6 heteroatoms. The molecule has 1 aliphatic carbocycles. The highest BCUT2D eigenvalue weighted by molar-refractivity contribution is 9.11. The van der Waals surface area contributed by atoms with Crippen LogP contribution >= 0.6 is 31.9 Å². The molecule has 1 N–H and O–H groups in total. The lowest BCUT2D eigenvalue weighted by atomic mass is 9.79. The van der Waals surface area contributed by atoms with Crippen molar-refractivity contribution in [1.82, 2.24) is 4.72 Å². The van der Waals surface area contributed by atoms with Gasteiger partial charge in [0.2, 0.25) is 10.0 Å². The lowest BCUT2D eigenvalue weighted by Gasteiger charge is -2.32. The quantitative estimate of drug-likeness (QED) is 0.785. The Morgan fingerprint density at radius 2 is 1.85 bits per heavy atom. The number of hydrogen-bond acceptors (Lipinski definition) is 2. The maximum atomic E-state index is 12.5. The van der Waals surface area contributed by atoms with Crippen molar-refractivity contribution in [3.63, 3.8) is 0 Å². The van der Waals surface area contributed by atoms with Crippen LogP contribution < -0.4 is 4.72 Å². The Balaban J connectivity index is 2.15. The maximum Gasteiger partial charge on any atom is 0.241 e. The van der Waals surface area contributed by atoms with Gasteiger partial charge in [-0.05, 0) is 65.2 Å². The van der Waals surface area contributed by atoms with Gasteiger partial charge in [-0.1, -0.05) is 29.8 Å². The minimum atomic E-state index is -3.47. The molecule has 1 fully saturated rings. The summed E-state index contributed by atoms with van der Waals surface area (Å²) in [5, 5.41) is 0. The Bertz CT molecular complexity index is 589. The zero-order valence-electron chi connectivity index (χ0n) is 11.6. The first-order chi connectivity index (χ1) is 9.29. The van der Waals surface area contributed by atoms with Crippen molar-refractivity contribution < 1.29 is 8.42 Å². The van der Waals surface area contributed by atoms with Crippen molar-refractivity contribution in [1.29, 1.82) is 0 Å². The second-order valence-corrected chi connectivity index (χ2v) is 9.11. The second kappa shape index (κ2) is 6.46. The van der Waals surface area contributed by atoms with Gasteiger partial charge in [-0.2, -0.15) is 0 Å². The largest absolute Gasteiger partial charge is 0.241 e. The number of benzene rings is 1. The first-order valence-electron chi connectivity index (χ1n) is 6.77. The molecule has 1 aromatic rings. The van der Waals surface area contributed by atoms with Gasteiger partial charge in [0, 0.05) is 15.0 Å². The predicted octanol–water partition coefficient (Wildman–Crippen LogP) is 4.31. The summed E-state index contributed by atoms with van der Waals surface area (Å²) in [6.45, 7) is 4.43. The molecule has 0 aliphatic heterocycles. The molecule has 0 radical (unpaired) electrons. The normalized spacial score (nSPS) is 27.5. The van der Waals surface area contributed by atoms with Gasteiger partial charge in [0.1, 0.15) is 0 Å². The van der Waals surface area contributed by atoms with Gasteiger partial charge in [-0.25, -0.2) is 13.1 Å². The zero-order valence-corrected chi connectivity index (χ0v) is 15.6. The molecule has 20 heavy (non-hydrogen) atoms. The average Bonchev–Trinajstić information content (AvgIpc) is 2.33. The van der Waals surface area contributed by atoms with Crippen LogP contribution in [0.3, 0.4) is 0 Å². The molecular weight excluding hydrogens is 406 g/mol. The highest BCUT2D eigenvalue weighted by atomic mass is 79.9. The van der Waals surface area contributed by atoms with E-state index in [0.717, 1.165) is 23.7 Å². The van der Waals surface area contributed by atoms with Gasteiger partial charge in [0.25, 0.3) is 0 Å². The fraction of sp³-hybridized carbons (Fsp3) is 0.571. The van der Waals surface area contributed by atoms with E-state index in [0.29, 0.717) is 21.2 Å². The first kappa shape index (κ1) is 16.5. The van der Waals surface area contributed by atoms with Gasteiger partial charge in [0.05, 0.1) is 4.90 Å². The summed E-state index contributed by atoms with van der Waals surface area (Å²) in [6.07, 6.45) is 2.91. The molecule has 0 bridgehead atoms. The Morgan fingerprint density at radius 1 is 1.15 bits per heavy atom. The Hall–Kier alpha value is 0.0900. The zero-order chi connectivity index (χ0) is 14.9. The van der Waals surface area contributed by atoms with Crippen molar-refractivity contribution >= 4 is 41.9 Å². The van der Waals surface area contributed by atoms with Crippen LogP contribution in [-0.4, -0.2) is 14.5 Å². The predicted molar refractivity (Wildman–Crippen MR) is 88.1 cm³/mol. The third-order valence-electron chi connectivity index (χ3n) is 4.10. The number of hydrogen-bond donors (Lipinski definition) is 1. The highest BCUT2D eigenvalue weighted by Gasteiger charge is 2.28. The van der Waals surface area contributed by atoms with Crippen molar-refractivity contribution in [3.8, 4) is 0 Å². The van der Waals surface area contributed by atoms with E-state index in [9.17, 15) is 8.42 Å². The van der Waals surface area contributed by atoms with Gasteiger partial charge in [0.15, 0.2) is 0 Å². The first-order valence-corrected chi connectivity index (χ1v) is 9.84. The molecule has 1 saturated carbocycles. The standard InChI is InChI=1S/C14H19Br2NO2S/c1-9-3-5-12(7-10(9)2)17-20(18,19)14-6-4-11(15)8-13(14)16/h4,6,8-10,12,17H,3,5,7H2,1-2H3. The molecule has 0 spiro atoms. The van der Waals surface area contributed by atoms with Crippen LogP contribution in [0, 0.1) is 11.8 Å². The molecule has 0 saturated heterocycles. The molecule has 1 aliphatic rings. The van der Waals surface area contributed by atoms with Crippen LogP contribution in [0.1, 0.15) is 33.1 Å². The maximum absolute atomic E-state index is 12.5. The highest BCUT2D eigenvalue weighted by Crippen LogP contribution is 2.31. The third-order valence-corrected chi connectivity index (χ3v) is 7.09. The van der Waals surface area contributed by atoms with Crippen molar-refractivity contribution in [2.75, 3.05) is 0 Å². The molecule has 1 aromatic carbocycles. The fourth-order valence-electron chi connectivity index (χ4n) is 2.63. The molecule has 0 amide bonds. The summed E-state index contributed by atoms with van der Waals surface area (Å²) >= 11 is 6.65. The van der Waals surface area contributed by atoms with Gasteiger partial charge < -0.3 is 0 Å². The molecule has 112 valence electrons. The molecule has 2 rings (SSSR count). The van der Waals surface area contributed by atoms with Gasteiger partial charge in [-0.15, -0.1) is 0 Å².